The SMILES string of the molecule is CCN(CC1(C(=O)O)CCCCC1)C1CCCC1. The number of carbonyl (C=O) groups is 1. The van der Waals surface area contributed by atoms with Gasteiger partial charge in [-0.15, -0.1) is 0 Å². The first-order valence-electron chi connectivity index (χ1n) is 7.65. The Labute approximate surface area is 111 Å². The van der Waals surface area contributed by atoms with Gasteiger partial charge in [-0.1, -0.05) is 39.0 Å². The van der Waals surface area contributed by atoms with E-state index in [-0.39, 0.29) is 0 Å². The molecule has 0 saturated heterocycles. The van der Waals surface area contributed by atoms with Crippen LogP contribution in [0.15, 0.2) is 0 Å². The number of carboxylic acids is 1. The van der Waals surface area contributed by atoms with E-state index >= 15 is 0 Å². The molecule has 0 spiro atoms. The highest BCUT2D eigenvalue weighted by molar-refractivity contribution is 5.75. The summed E-state index contributed by atoms with van der Waals surface area (Å²) < 4.78 is 0. The molecule has 0 bridgehead atoms. The second-order valence-electron chi connectivity index (χ2n) is 6.15. The molecule has 0 unspecified atom stereocenters. The van der Waals surface area contributed by atoms with Crippen LogP contribution in [0, 0.1) is 5.41 Å². The van der Waals surface area contributed by atoms with E-state index < -0.39 is 11.4 Å². The van der Waals surface area contributed by atoms with E-state index in [9.17, 15) is 9.90 Å². The average Bonchev–Trinajstić information content (AvgIpc) is 2.90. The Kier molecular flexibility index (Phi) is 4.66. The highest BCUT2D eigenvalue weighted by Gasteiger charge is 2.42. The van der Waals surface area contributed by atoms with Crippen molar-refractivity contribution in [3.05, 3.63) is 0 Å². The van der Waals surface area contributed by atoms with Crippen molar-refractivity contribution in [2.24, 2.45) is 5.41 Å². The van der Waals surface area contributed by atoms with Crippen molar-refractivity contribution in [3.8, 4) is 0 Å². The van der Waals surface area contributed by atoms with E-state index in [4.69, 9.17) is 0 Å². The predicted molar refractivity (Wildman–Crippen MR) is 72.7 cm³/mol. The summed E-state index contributed by atoms with van der Waals surface area (Å²) in [5, 5.41) is 9.65. The Morgan fingerprint density at radius 1 is 1.17 bits per heavy atom. The number of hydrogen-bond donors (Lipinski definition) is 1. The Hall–Kier alpha value is -0.570. The maximum atomic E-state index is 11.7. The third-order valence-electron chi connectivity index (χ3n) is 5.02. The van der Waals surface area contributed by atoms with Gasteiger partial charge >= 0.3 is 5.97 Å². The lowest BCUT2D eigenvalue weighted by atomic mass is 9.73. The Balaban J connectivity index is 2.04. The van der Waals surface area contributed by atoms with E-state index in [2.05, 4.69) is 11.8 Å². The number of aliphatic carboxylic acids is 1. The van der Waals surface area contributed by atoms with Crippen LogP contribution in [-0.4, -0.2) is 35.1 Å². The van der Waals surface area contributed by atoms with Crippen molar-refractivity contribution < 1.29 is 9.90 Å². The molecule has 0 amide bonds. The maximum absolute atomic E-state index is 11.7. The molecule has 0 radical (unpaired) electrons. The smallest absolute Gasteiger partial charge is 0.310 e. The van der Waals surface area contributed by atoms with Gasteiger partial charge in [0.2, 0.25) is 0 Å². The summed E-state index contributed by atoms with van der Waals surface area (Å²) >= 11 is 0. The molecule has 104 valence electrons. The molecule has 18 heavy (non-hydrogen) atoms. The van der Waals surface area contributed by atoms with Crippen molar-refractivity contribution >= 4 is 5.97 Å². The van der Waals surface area contributed by atoms with Crippen molar-refractivity contribution in [2.45, 2.75) is 70.8 Å². The van der Waals surface area contributed by atoms with Crippen molar-refractivity contribution in [2.75, 3.05) is 13.1 Å². The lowest BCUT2D eigenvalue weighted by Gasteiger charge is -2.39. The molecule has 3 nitrogen and oxygen atoms in total. The van der Waals surface area contributed by atoms with Gasteiger partial charge in [0.15, 0.2) is 0 Å². The van der Waals surface area contributed by atoms with Crippen LogP contribution in [0.1, 0.15) is 64.7 Å². The molecule has 0 aromatic heterocycles. The van der Waals surface area contributed by atoms with Gasteiger partial charge in [-0.25, -0.2) is 0 Å². The standard InChI is InChI=1S/C15H27NO2/c1-2-16(13-8-4-5-9-13)12-15(14(17)18)10-6-3-7-11-15/h13H,2-12H2,1H3,(H,17,18). The van der Waals surface area contributed by atoms with Crippen molar-refractivity contribution in [1.29, 1.82) is 0 Å². The molecule has 0 aromatic carbocycles. The summed E-state index contributed by atoms with van der Waals surface area (Å²) in [6, 6.07) is 0.646. The molecule has 2 fully saturated rings. The Bertz CT molecular complexity index is 278. The molecule has 3 heteroatoms. The fourth-order valence-electron chi connectivity index (χ4n) is 3.83. The molecular weight excluding hydrogens is 226 g/mol. The summed E-state index contributed by atoms with van der Waals surface area (Å²) in [4.78, 5) is 14.2. The number of rotatable bonds is 5. The third kappa shape index (κ3) is 2.87. The minimum atomic E-state index is -0.557. The number of carboxylic acid groups (broad SMARTS) is 1. The summed E-state index contributed by atoms with van der Waals surface area (Å²) in [7, 11) is 0. The summed E-state index contributed by atoms with van der Waals surface area (Å²) in [6.45, 7) is 3.96. The molecular formula is C15H27NO2. The Morgan fingerprint density at radius 2 is 1.78 bits per heavy atom. The zero-order valence-corrected chi connectivity index (χ0v) is 11.7. The molecule has 2 rings (SSSR count). The third-order valence-corrected chi connectivity index (χ3v) is 5.02. The molecule has 0 aliphatic heterocycles. The minimum Gasteiger partial charge on any atom is -0.481 e. The van der Waals surface area contributed by atoms with Crippen LogP contribution in [-0.2, 0) is 4.79 Å². The molecule has 0 aromatic rings. The van der Waals surface area contributed by atoms with Crippen LogP contribution < -0.4 is 0 Å². The number of hydrogen-bond acceptors (Lipinski definition) is 2. The highest BCUT2D eigenvalue weighted by atomic mass is 16.4. The van der Waals surface area contributed by atoms with E-state index in [0.717, 1.165) is 38.8 Å². The fourth-order valence-corrected chi connectivity index (χ4v) is 3.83. The number of nitrogens with zero attached hydrogens (tertiary/aromatic N) is 1. The first-order valence-corrected chi connectivity index (χ1v) is 7.65. The van der Waals surface area contributed by atoms with Gasteiger partial charge in [-0.05, 0) is 32.2 Å². The molecule has 2 aliphatic rings. The first-order chi connectivity index (χ1) is 8.68. The zero-order chi connectivity index (χ0) is 13.0. The van der Waals surface area contributed by atoms with Gasteiger partial charge in [0, 0.05) is 12.6 Å². The van der Waals surface area contributed by atoms with E-state index in [1.165, 1.54) is 32.1 Å². The van der Waals surface area contributed by atoms with Crippen molar-refractivity contribution in [1.82, 2.24) is 4.90 Å². The van der Waals surface area contributed by atoms with Crippen molar-refractivity contribution in [3.63, 3.8) is 0 Å². The van der Waals surface area contributed by atoms with E-state index in [1.807, 2.05) is 0 Å². The second kappa shape index (κ2) is 6.05. The minimum absolute atomic E-state index is 0.448. The first kappa shape index (κ1) is 13.9. The van der Waals surface area contributed by atoms with Crippen LogP contribution >= 0.6 is 0 Å². The normalized spacial score (nSPS) is 24.6. The Morgan fingerprint density at radius 3 is 2.28 bits per heavy atom. The van der Waals surface area contributed by atoms with Gasteiger partial charge in [0.05, 0.1) is 5.41 Å². The van der Waals surface area contributed by atoms with Crippen LogP contribution in [0.4, 0.5) is 0 Å². The fraction of sp³-hybridized carbons (Fsp3) is 0.933. The van der Waals surface area contributed by atoms with Crippen LogP contribution in [0.3, 0.4) is 0 Å². The van der Waals surface area contributed by atoms with Gasteiger partial charge < -0.3 is 5.11 Å². The molecule has 1 N–H and O–H groups in total. The van der Waals surface area contributed by atoms with Gasteiger partial charge in [0.25, 0.3) is 0 Å². The van der Waals surface area contributed by atoms with Crippen LogP contribution in [0.2, 0.25) is 0 Å². The lowest BCUT2D eigenvalue weighted by Crippen LogP contribution is -2.47. The van der Waals surface area contributed by atoms with Crippen LogP contribution in [0.5, 0.6) is 0 Å². The predicted octanol–water partition coefficient (Wildman–Crippen LogP) is 3.29. The second-order valence-corrected chi connectivity index (χ2v) is 6.15. The van der Waals surface area contributed by atoms with E-state index in [0.29, 0.717) is 6.04 Å². The molecule has 0 heterocycles. The average molecular weight is 253 g/mol. The van der Waals surface area contributed by atoms with E-state index in [1.54, 1.807) is 0 Å². The largest absolute Gasteiger partial charge is 0.481 e. The van der Waals surface area contributed by atoms with Gasteiger partial charge in [-0.2, -0.15) is 0 Å². The molecule has 2 aliphatic carbocycles. The maximum Gasteiger partial charge on any atom is 0.310 e. The van der Waals surface area contributed by atoms with Gasteiger partial charge in [0.1, 0.15) is 0 Å². The highest BCUT2D eigenvalue weighted by Crippen LogP contribution is 2.38. The zero-order valence-electron chi connectivity index (χ0n) is 11.7. The van der Waals surface area contributed by atoms with Gasteiger partial charge in [-0.3, -0.25) is 9.69 Å². The summed E-state index contributed by atoms with van der Waals surface area (Å²) in [5.74, 6) is -0.557. The topological polar surface area (TPSA) is 40.5 Å². The quantitative estimate of drug-likeness (QED) is 0.817. The summed E-state index contributed by atoms with van der Waals surface area (Å²) in [5.41, 5.74) is -0.448. The molecule has 2 saturated carbocycles. The molecule has 0 atom stereocenters. The lowest BCUT2D eigenvalue weighted by molar-refractivity contribution is -0.153. The summed E-state index contributed by atoms with van der Waals surface area (Å²) in [6.07, 6.45) is 10.3. The monoisotopic (exact) mass is 253 g/mol. The van der Waals surface area contributed by atoms with Crippen LogP contribution in [0.25, 0.3) is 0 Å².